The molecule has 8 heteroatoms. The molecule has 0 spiro atoms. The van der Waals surface area contributed by atoms with Gasteiger partial charge in [0.1, 0.15) is 23.9 Å². The van der Waals surface area contributed by atoms with E-state index in [1.54, 1.807) is 54.6 Å². The van der Waals surface area contributed by atoms with Gasteiger partial charge in [0.2, 0.25) is 0 Å². The molecule has 3 rings (SSSR count). The summed E-state index contributed by atoms with van der Waals surface area (Å²) in [5.74, 6) is 1.53. The Hall–Kier alpha value is -3.57. The summed E-state index contributed by atoms with van der Waals surface area (Å²) in [4.78, 5) is 2.25. The second kappa shape index (κ2) is 8.21. The highest BCUT2D eigenvalue weighted by atomic mass is 32.2. The van der Waals surface area contributed by atoms with Crippen molar-refractivity contribution in [2.75, 3.05) is 0 Å². The third-order valence-electron chi connectivity index (χ3n) is 3.47. The molecule has 0 unspecified atom stereocenters. The zero-order chi connectivity index (χ0) is 19.1. The van der Waals surface area contributed by atoms with Crippen LogP contribution in [0.25, 0.3) is 0 Å². The van der Waals surface area contributed by atoms with Crippen LogP contribution < -0.4 is 9.57 Å². The number of nitrogens with one attached hydrogen (secondary N) is 1. The molecule has 27 heavy (non-hydrogen) atoms. The van der Waals surface area contributed by atoms with Gasteiger partial charge in [-0.2, -0.15) is 23.6 Å². The van der Waals surface area contributed by atoms with Crippen molar-refractivity contribution in [2.45, 2.75) is 11.5 Å². The van der Waals surface area contributed by atoms with Gasteiger partial charge >= 0.3 is 0 Å². The van der Waals surface area contributed by atoms with E-state index in [-0.39, 0.29) is 11.5 Å². The van der Waals surface area contributed by atoms with Crippen LogP contribution in [0.5, 0.6) is 5.75 Å². The molecule has 1 heterocycles. The maximum Gasteiger partial charge on any atom is 0.276 e. The summed E-state index contributed by atoms with van der Waals surface area (Å²) in [7, 11) is -3.71. The Morgan fingerprint density at radius 3 is 2.52 bits per heavy atom. The van der Waals surface area contributed by atoms with Crippen molar-refractivity contribution in [2.24, 2.45) is 5.10 Å². The normalized spacial score (nSPS) is 11.2. The van der Waals surface area contributed by atoms with E-state index in [9.17, 15) is 8.42 Å². The van der Waals surface area contributed by atoms with Crippen molar-refractivity contribution in [3.63, 3.8) is 0 Å². The number of hydrogen-bond donors (Lipinski definition) is 1. The van der Waals surface area contributed by atoms with Crippen LogP contribution in [-0.2, 0) is 16.6 Å². The summed E-state index contributed by atoms with van der Waals surface area (Å²) in [6, 6.07) is 20.0. The summed E-state index contributed by atoms with van der Waals surface area (Å²) in [5.41, 5.74) is 0.553. The van der Waals surface area contributed by atoms with Crippen molar-refractivity contribution < 1.29 is 17.6 Å². The highest BCUT2D eigenvalue weighted by molar-refractivity contribution is 7.89. The van der Waals surface area contributed by atoms with Gasteiger partial charge in [0.15, 0.2) is 0 Å². The lowest BCUT2D eigenvalue weighted by Gasteiger charge is -2.03. The number of benzene rings is 2. The minimum atomic E-state index is -3.71. The number of ether oxygens (including phenoxy) is 1. The lowest BCUT2D eigenvalue weighted by Crippen LogP contribution is -2.18. The van der Waals surface area contributed by atoms with E-state index < -0.39 is 10.0 Å². The molecule has 0 aliphatic heterocycles. The molecule has 0 fully saturated rings. The zero-order valence-electron chi connectivity index (χ0n) is 14.1. The van der Waals surface area contributed by atoms with Gasteiger partial charge in [0.25, 0.3) is 10.0 Å². The summed E-state index contributed by atoms with van der Waals surface area (Å²) in [6.07, 6.45) is 1.27. The minimum absolute atomic E-state index is 0.123. The Morgan fingerprint density at radius 1 is 1.07 bits per heavy atom. The molecule has 1 N–H and O–H groups in total. The van der Waals surface area contributed by atoms with Crippen molar-refractivity contribution in [1.82, 2.24) is 4.83 Å². The smallest absolute Gasteiger partial charge is 0.276 e. The van der Waals surface area contributed by atoms with Gasteiger partial charge in [-0.25, -0.2) is 0 Å². The predicted molar refractivity (Wildman–Crippen MR) is 98.6 cm³/mol. The summed E-state index contributed by atoms with van der Waals surface area (Å²) < 4.78 is 35.1. The minimum Gasteiger partial charge on any atom is -0.486 e. The van der Waals surface area contributed by atoms with E-state index in [1.807, 2.05) is 6.07 Å². The molecule has 0 aliphatic rings. The van der Waals surface area contributed by atoms with E-state index in [4.69, 9.17) is 14.4 Å². The molecule has 2 aromatic carbocycles. The monoisotopic (exact) mass is 381 g/mol. The molecule has 136 valence electrons. The molecule has 7 nitrogen and oxygen atoms in total. The van der Waals surface area contributed by atoms with Crippen molar-refractivity contribution >= 4 is 16.2 Å². The molecule has 0 radical (unpaired) electrons. The highest BCUT2D eigenvalue weighted by Gasteiger charge is 2.11. The summed E-state index contributed by atoms with van der Waals surface area (Å²) in [6.45, 7) is 0.190. The van der Waals surface area contributed by atoms with Gasteiger partial charge in [-0.15, -0.1) is 0 Å². The van der Waals surface area contributed by atoms with Gasteiger partial charge in [0, 0.05) is 0 Å². The van der Waals surface area contributed by atoms with Crippen molar-refractivity contribution in [1.29, 1.82) is 5.26 Å². The maximum atomic E-state index is 12.0. The lowest BCUT2D eigenvalue weighted by molar-refractivity contribution is 0.270. The Kier molecular flexibility index (Phi) is 5.54. The van der Waals surface area contributed by atoms with Crippen LogP contribution in [0.2, 0.25) is 0 Å². The molecule has 3 aromatic rings. The maximum absolute atomic E-state index is 12.0. The third kappa shape index (κ3) is 4.96. The van der Waals surface area contributed by atoms with E-state index in [2.05, 4.69) is 9.93 Å². The van der Waals surface area contributed by atoms with Gasteiger partial charge in [0.05, 0.1) is 22.7 Å². The number of furan rings is 1. The van der Waals surface area contributed by atoms with Crippen LogP contribution in [-0.4, -0.2) is 14.6 Å². The molecule has 0 saturated heterocycles. The molecule has 0 atom stereocenters. The number of sulfonamides is 1. The first-order valence-corrected chi connectivity index (χ1v) is 9.37. The van der Waals surface area contributed by atoms with E-state index in [1.165, 1.54) is 18.3 Å². The molecular weight excluding hydrogens is 366 g/mol. The van der Waals surface area contributed by atoms with Crippen LogP contribution in [0, 0.1) is 11.3 Å². The second-order valence-electron chi connectivity index (χ2n) is 5.39. The Bertz CT molecular complexity index is 1070. The SMILES string of the molecule is N#Cc1ccc(OCc2ccc(/C=N/NS(=O)(=O)c3ccccc3)o2)cc1. The fraction of sp³-hybridized carbons (Fsp3) is 0.0526. The predicted octanol–water partition coefficient (Wildman–Crippen LogP) is 3.04. The number of hydrazone groups is 1. The topological polar surface area (TPSA) is 105 Å². The molecule has 0 bridgehead atoms. The van der Waals surface area contributed by atoms with Gasteiger partial charge in [-0.05, 0) is 48.5 Å². The Labute approximate surface area is 156 Å². The van der Waals surface area contributed by atoms with Crippen LogP contribution in [0.4, 0.5) is 0 Å². The lowest BCUT2D eigenvalue weighted by atomic mass is 10.2. The Morgan fingerprint density at radius 2 is 1.81 bits per heavy atom. The van der Waals surface area contributed by atoms with E-state index in [0.29, 0.717) is 22.8 Å². The van der Waals surface area contributed by atoms with Gasteiger partial charge in [-0.3, -0.25) is 0 Å². The fourth-order valence-corrected chi connectivity index (χ4v) is 2.95. The van der Waals surface area contributed by atoms with Crippen LogP contribution in [0.1, 0.15) is 17.1 Å². The highest BCUT2D eigenvalue weighted by Crippen LogP contribution is 2.15. The van der Waals surface area contributed by atoms with Gasteiger partial charge < -0.3 is 9.15 Å². The fourth-order valence-electron chi connectivity index (χ4n) is 2.13. The first-order chi connectivity index (χ1) is 13.1. The first kappa shape index (κ1) is 18.2. The van der Waals surface area contributed by atoms with Crippen LogP contribution in [0.15, 0.2) is 81.1 Å². The van der Waals surface area contributed by atoms with Crippen LogP contribution in [0.3, 0.4) is 0 Å². The standard InChI is InChI=1S/C19H15N3O4S/c20-12-15-6-8-16(9-7-15)25-14-18-11-10-17(26-18)13-21-22-27(23,24)19-4-2-1-3-5-19/h1-11,13,22H,14H2/b21-13+. The molecule has 0 amide bonds. The number of nitrogens with zero attached hydrogens (tertiary/aromatic N) is 2. The molecule has 1 aromatic heterocycles. The van der Waals surface area contributed by atoms with E-state index >= 15 is 0 Å². The average Bonchev–Trinajstić information content (AvgIpc) is 3.15. The Balaban J connectivity index is 1.56. The van der Waals surface area contributed by atoms with E-state index in [0.717, 1.165) is 0 Å². The summed E-state index contributed by atoms with van der Waals surface area (Å²) in [5, 5.41) is 12.5. The molecule has 0 aliphatic carbocycles. The zero-order valence-corrected chi connectivity index (χ0v) is 14.9. The number of rotatable bonds is 7. The molecular formula is C19H15N3O4S. The largest absolute Gasteiger partial charge is 0.486 e. The number of hydrogen-bond acceptors (Lipinski definition) is 6. The third-order valence-corrected chi connectivity index (χ3v) is 4.70. The van der Waals surface area contributed by atoms with Crippen LogP contribution >= 0.6 is 0 Å². The average molecular weight is 381 g/mol. The second-order valence-corrected chi connectivity index (χ2v) is 7.06. The summed E-state index contributed by atoms with van der Waals surface area (Å²) >= 11 is 0. The number of nitriles is 1. The first-order valence-electron chi connectivity index (χ1n) is 7.88. The van der Waals surface area contributed by atoms with Crippen molar-refractivity contribution in [3.8, 4) is 11.8 Å². The molecule has 0 saturated carbocycles. The van der Waals surface area contributed by atoms with Gasteiger partial charge in [-0.1, -0.05) is 18.2 Å². The van der Waals surface area contributed by atoms with Crippen molar-refractivity contribution in [3.05, 3.63) is 83.8 Å². The quantitative estimate of drug-likeness (QED) is 0.500.